The molecular formula is C35H32N2O8S2. The Balaban J connectivity index is 1.43. The van der Waals surface area contributed by atoms with Crippen LogP contribution in [0.4, 0.5) is 0 Å². The fourth-order valence-corrected chi connectivity index (χ4v) is 8.52. The molecular weight excluding hydrogens is 641 g/mol. The number of benzene rings is 4. The lowest BCUT2D eigenvalue weighted by molar-refractivity contribution is -0.169. The van der Waals surface area contributed by atoms with Crippen LogP contribution in [0.15, 0.2) is 120 Å². The van der Waals surface area contributed by atoms with Crippen molar-refractivity contribution in [2.75, 3.05) is 6.61 Å². The number of hydrogen-bond acceptors (Lipinski definition) is 9. The zero-order chi connectivity index (χ0) is 33.6. The van der Waals surface area contributed by atoms with Gasteiger partial charge in [-0.1, -0.05) is 96.6 Å². The molecule has 3 atom stereocenters. The Hall–Kier alpha value is -4.94. The lowest BCUT2D eigenvalue weighted by Gasteiger charge is -2.48. The first kappa shape index (κ1) is 33.4. The van der Waals surface area contributed by atoms with Crippen LogP contribution in [0.5, 0.6) is 5.75 Å². The van der Waals surface area contributed by atoms with E-state index in [4.69, 9.17) is 9.47 Å². The summed E-state index contributed by atoms with van der Waals surface area (Å²) in [5.41, 5.74) is 2.09. The number of β-lactam (4-membered cyclic amide) rings is 1. The molecule has 1 unspecified atom stereocenters. The van der Waals surface area contributed by atoms with Gasteiger partial charge in [-0.2, -0.15) is 0 Å². The zero-order valence-corrected chi connectivity index (χ0v) is 27.1. The summed E-state index contributed by atoms with van der Waals surface area (Å²) in [6.07, 6.45) is -0.920. The number of esters is 1. The van der Waals surface area contributed by atoms with Crippen LogP contribution >= 0.6 is 10.8 Å². The fraction of sp³-hybridized carbons (Fsp3) is 0.200. The van der Waals surface area contributed by atoms with Gasteiger partial charge >= 0.3 is 5.97 Å². The molecule has 4 aromatic carbocycles. The molecule has 1 fully saturated rings. The summed E-state index contributed by atoms with van der Waals surface area (Å²) in [4.78, 5) is 54.2. The van der Waals surface area contributed by atoms with E-state index in [2.05, 4.69) is 5.32 Å². The highest BCUT2D eigenvalue weighted by Crippen LogP contribution is 2.39. The third-order valence-corrected chi connectivity index (χ3v) is 11.1. The van der Waals surface area contributed by atoms with E-state index in [-0.39, 0.29) is 4.90 Å². The molecule has 1 heterocycles. The van der Waals surface area contributed by atoms with E-state index in [1.165, 1.54) is 12.1 Å². The number of rotatable bonds is 13. The predicted molar refractivity (Wildman–Crippen MR) is 176 cm³/mol. The maximum atomic E-state index is 13.8. The smallest absolute Gasteiger partial charge is 0.337 e. The molecule has 5 rings (SSSR count). The number of hydrogen-bond donors (Lipinski definition) is 1. The summed E-state index contributed by atoms with van der Waals surface area (Å²) in [5.74, 6) is -2.87. The largest absolute Gasteiger partial charge is 0.484 e. The van der Waals surface area contributed by atoms with Crippen LogP contribution in [0.3, 0.4) is 0 Å². The highest BCUT2D eigenvalue weighted by molar-refractivity contribution is 8.72. The molecule has 1 aliphatic heterocycles. The van der Waals surface area contributed by atoms with Crippen molar-refractivity contribution < 1.29 is 37.1 Å². The summed E-state index contributed by atoms with van der Waals surface area (Å²) in [6.45, 7) is 2.47. The number of carbonyl (C=O) groups is 4. The molecule has 0 radical (unpaired) electrons. The van der Waals surface area contributed by atoms with Gasteiger partial charge in [0, 0.05) is 10.8 Å². The van der Waals surface area contributed by atoms with Crippen LogP contribution in [-0.2, 0) is 32.8 Å². The van der Waals surface area contributed by atoms with Crippen molar-refractivity contribution >= 4 is 43.2 Å². The van der Waals surface area contributed by atoms with Crippen molar-refractivity contribution in [1.82, 2.24) is 10.2 Å². The van der Waals surface area contributed by atoms with Gasteiger partial charge in [0.1, 0.15) is 17.2 Å². The SMILES string of the molecule is CC(=O)C(C(=O)OC(c1ccccc1)c1ccccc1)N1C(=O)[C@@H](NC(=O)COc2ccccc2)[C@H]1SS(=O)(=O)c1ccc(C)cc1. The Morgan fingerprint density at radius 1 is 0.830 bits per heavy atom. The van der Waals surface area contributed by atoms with Gasteiger partial charge in [0.25, 0.3) is 5.91 Å². The van der Waals surface area contributed by atoms with Gasteiger partial charge in [0.2, 0.25) is 14.8 Å². The Morgan fingerprint density at radius 2 is 1.36 bits per heavy atom. The highest BCUT2D eigenvalue weighted by Gasteiger charge is 2.57. The minimum atomic E-state index is -4.13. The van der Waals surface area contributed by atoms with Gasteiger partial charge in [0.05, 0.1) is 4.90 Å². The van der Waals surface area contributed by atoms with E-state index in [1.54, 1.807) is 110 Å². The van der Waals surface area contributed by atoms with Crippen LogP contribution in [0.2, 0.25) is 0 Å². The lowest BCUT2D eigenvalue weighted by Crippen LogP contribution is -2.74. The second-order valence-corrected chi connectivity index (χ2v) is 14.7. The number of Topliss-reactive ketones (excluding diaryl/α,β-unsaturated/α-hetero) is 1. The van der Waals surface area contributed by atoms with Gasteiger partial charge in [-0.25, -0.2) is 13.2 Å². The summed E-state index contributed by atoms with van der Waals surface area (Å²) >= 11 is 0. The first-order chi connectivity index (χ1) is 22.5. The summed E-state index contributed by atoms with van der Waals surface area (Å²) in [6, 6.07) is 29.2. The van der Waals surface area contributed by atoms with Crippen molar-refractivity contribution in [2.24, 2.45) is 0 Å². The van der Waals surface area contributed by atoms with Crippen molar-refractivity contribution in [3.8, 4) is 5.75 Å². The molecule has 1 N–H and O–H groups in total. The van der Waals surface area contributed by atoms with E-state index in [0.717, 1.165) is 17.4 Å². The maximum Gasteiger partial charge on any atom is 0.337 e. The molecule has 0 bridgehead atoms. The summed E-state index contributed by atoms with van der Waals surface area (Å²) in [7, 11) is -3.77. The number of aryl methyl sites for hydroxylation is 1. The Bertz CT molecular complexity index is 1800. The Kier molecular flexibility index (Phi) is 10.4. The zero-order valence-electron chi connectivity index (χ0n) is 25.5. The van der Waals surface area contributed by atoms with Crippen LogP contribution < -0.4 is 10.1 Å². The standard InChI is InChI=1S/C35H32N2O8S2/c1-23-18-20-28(21-19-23)47(42,43)46-34-30(36-29(39)22-44-27-16-10-5-11-17-27)33(40)37(34)31(24(2)38)35(41)45-32(25-12-6-3-7-13-25)26-14-8-4-9-15-26/h3-21,30-32,34H,22H2,1-2H3,(H,36,39)/t30-,31?,34-/m1/s1. The first-order valence-corrected chi connectivity index (χ1v) is 17.5. The lowest BCUT2D eigenvalue weighted by atomic mass is 9.99. The second-order valence-electron chi connectivity index (χ2n) is 10.8. The average Bonchev–Trinajstić information content (AvgIpc) is 3.08. The minimum absolute atomic E-state index is 0.0416. The molecule has 10 nitrogen and oxygen atoms in total. The van der Waals surface area contributed by atoms with Gasteiger partial charge in [-0.05, 0) is 49.2 Å². The number of carbonyl (C=O) groups excluding carboxylic acids is 4. The van der Waals surface area contributed by atoms with Crippen molar-refractivity contribution in [2.45, 2.75) is 42.3 Å². The Labute approximate surface area is 276 Å². The molecule has 0 aliphatic carbocycles. The predicted octanol–water partition coefficient (Wildman–Crippen LogP) is 4.44. The number of amides is 2. The van der Waals surface area contributed by atoms with Gasteiger partial charge in [0.15, 0.2) is 24.5 Å². The van der Waals surface area contributed by atoms with Gasteiger partial charge < -0.3 is 19.7 Å². The van der Waals surface area contributed by atoms with Crippen molar-refractivity contribution in [3.05, 3.63) is 132 Å². The quantitative estimate of drug-likeness (QED) is 0.0947. The van der Waals surface area contributed by atoms with Gasteiger partial charge in [-0.3, -0.25) is 14.4 Å². The van der Waals surface area contributed by atoms with E-state index >= 15 is 0 Å². The highest BCUT2D eigenvalue weighted by atomic mass is 33.1. The molecule has 47 heavy (non-hydrogen) atoms. The van der Waals surface area contributed by atoms with Crippen LogP contribution in [0.1, 0.15) is 29.7 Å². The monoisotopic (exact) mass is 672 g/mol. The molecule has 2 amide bonds. The molecule has 1 aliphatic rings. The molecule has 0 spiro atoms. The molecule has 1 saturated heterocycles. The molecule has 0 saturated carbocycles. The number of para-hydroxylation sites is 1. The number of ether oxygens (including phenoxy) is 2. The van der Waals surface area contributed by atoms with Crippen LogP contribution in [0, 0.1) is 6.92 Å². The fourth-order valence-electron chi connectivity index (χ4n) is 5.01. The molecule has 12 heteroatoms. The van der Waals surface area contributed by atoms with E-state index in [9.17, 15) is 27.6 Å². The van der Waals surface area contributed by atoms with Crippen molar-refractivity contribution in [3.63, 3.8) is 0 Å². The topological polar surface area (TPSA) is 136 Å². The normalized spacial score (nSPS) is 16.6. The molecule has 0 aromatic heterocycles. The third kappa shape index (κ3) is 7.90. The number of nitrogens with one attached hydrogen (secondary N) is 1. The number of likely N-dealkylation sites (tertiary alicyclic amines) is 1. The number of ketones is 1. The second kappa shape index (κ2) is 14.7. The number of nitrogens with zero attached hydrogens (tertiary/aromatic N) is 1. The van der Waals surface area contributed by atoms with E-state index in [0.29, 0.717) is 27.7 Å². The maximum absolute atomic E-state index is 13.8. The van der Waals surface area contributed by atoms with Crippen LogP contribution in [0.25, 0.3) is 0 Å². The Morgan fingerprint density at radius 3 is 1.89 bits per heavy atom. The van der Waals surface area contributed by atoms with Crippen LogP contribution in [-0.4, -0.2) is 60.9 Å². The van der Waals surface area contributed by atoms with E-state index < -0.39 is 62.6 Å². The van der Waals surface area contributed by atoms with E-state index in [1.807, 2.05) is 0 Å². The summed E-state index contributed by atoms with van der Waals surface area (Å²) < 4.78 is 38.5. The van der Waals surface area contributed by atoms with Crippen molar-refractivity contribution in [1.29, 1.82) is 0 Å². The third-order valence-electron chi connectivity index (χ3n) is 7.37. The molecule has 242 valence electrons. The average molecular weight is 673 g/mol. The molecule has 4 aromatic rings. The first-order valence-electron chi connectivity index (χ1n) is 14.7. The summed E-state index contributed by atoms with van der Waals surface area (Å²) in [5, 5.41) is 1.18. The van der Waals surface area contributed by atoms with Gasteiger partial charge in [-0.15, -0.1) is 0 Å². The minimum Gasteiger partial charge on any atom is -0.484 e.